The summed E-state index contributed by atoms with van der Waals surface area (Å²) in [6.45, 7) is 2.32. The predicted octanol–water partition coefficient (Wildman–Crippen LogP) is 4.78. The first-order valence-corrected chi connectivity index (χ1v) is 7.50. The highest BCUT2D eigenvalue weighted by molar-refractivity contribution is 7.16. The lowest BCUT2D eigenvalue weighted by atomic mass is 9.87. The van der Waals surface area contributed by atoms with Crippen LogP contribution in [0.25, 0.3) is 11.1 Å². The summed E-state index contributed by atoms with van der Waals surface area (Å²) in [6.07, 6.45) is 3.60. The van der Waals surface area contributed by atoms with Crippen molar-refractivity contribution >= 4 is 27.9 Å². The molecule has 3 rings (SSSR count). The van der Waals surface area contributed by atoms with Crippen LogP contribution in [0.1, 0.15) is 23.8 Å². The molecule has 1 aliphatic carbocycles. The Morgan fingerprint density at radius 1 is 1.28 bits per heavy atom. The average Bonchev–Trinajstić information content (AvgIpc) is 2.65. The van der Waals surface area contributed by atoms with Gasteiger partial charge < -0.3 is 5.73 Å². The lowest BCUT2D eigenvalue weighted by molar-refractivity contribution is 0.508. The Balaban J connectivity index is 2.10. The van der Waals surface area contributed by atoms with Crippen molar-refractivity contribution in [1.29, 1.82) is 0 Å². The van der Waals surface area contributed by atoms with Crippen LogP contribution in [0.5, 0.6) is 0 Å². The van der Waals surface area contributed by atoms with Crippen LogP contribution in [0.2, 0.25) is 5.02 Å². The molecule has 1 unspecified atom stereocenters. The molecule has 3 heteroatoms. The van der Waals surface area contributed by atoms with E-state index >= 15 is 0 Å². The van der Waals surface area contributed by atoms with Crippen molar-refractivity contribution in [2.24, 2.45) is 5.92 Å². The van der Waals surface area contributed by atoms with E-state index in [4.69, 9.17) is 17.3 Å². The minimum Gasteiger partial charge on any atom is -0.390 e. The molecule has 1 aliphatic rings. The number of halogens is 1. The summed E-state index contributed by atoms with van der Waals surface area (Å²) in [5.41, 5.74) is 10.1. The summed E-state index contributed by atoms with van der Waals surface area (Å²) in [4.78, 5) is 1.48. The second-order valence-electron chi connectivity index (χ2n) is 5.10. The molecule has 0 amide bonds. The normalized spacial score (nSPS) is 18.7. The summed E-state index contributed by atoms with van der Waals surface area (Å²) in [5, 5.41) is 1.73. The Labute approximate surface area is 117 Å². The topological polar surface area (TPSA) is 26.0 Å². The van der Waals surface area contributed by atoms with Gasteiger partial charge in [-0.3, -0.25) is 0 Å². The van der Waals surface area contributed by atoms with Gasteiger partial charge in [-0.1, -0.05) is 30.7 Å². The molecule has 0 spiro atoms. The SMILES string of the molecule is CC1CCc2c(sc(N)c2-c2ccc(Cl)cc2)C1. The highest BCUT2D eigenvalue weighted by Crippen LogP contribution is 2.43. The maximum absolute atomic E-state index is 6.22. The molecule has 2 aromatic rings. The third-order valence-corrected chi connectivity index (χ3v) is 5.01. The molecular formula is C15H16ClNS. The number of nitrogen functional groups attached to an aromatic ring is 1. The van der Waals surface area contributed by atoms with Gasteiger partial charge in [0, 0.05) is 15.5 Å². The molecule has 94 valence electrons. The van der Waals surface area contributed by atoms with Gasteiger partial charge in [-0.2, -0.15) is 0 Å². The average molecular weight is 278 g/mol. The smallest absolute Gasteiger partial charge is 0.0941 e. The van der Waals surface area contributed by atoms with Gasteiger partial charge in [0.05, 0.1) is 5.00 Å². The van der Waals surface area contributed by atoms with Gasteiger partial charge in [-0.25, -0.2) is 0 Å². The monoisotopic (exact) mass is 277 g/mol. The molecule has 1 aromatic carbocycles. The first-order valence-electron chi connectivity index (χ1n) is 6.31. The summed E-state index contributed by atoms with van der Waals surface area (Å²) < 4.78 is 0. The van der Waals surface area contributed by atoms with Crippen molar-refractivity contribution < 1.29 is 0 Å². The molecule has 1 aromatic heterocycles. The molecule has 0 bridgehead atoms. The zero-order chi connectivity index (χ0) is 12.7. The quantitative estimate of drug-likeness (QED) is 0.798. The van der Waals surface area contributed by atoms with Crippen molar-refractivity contribution in [3.8, 4) is 11.1 Å². The third-order valence-electron chi connectivity index (χ3n) is 3.67. The second kappa shape index (κ2) is 4.60. The summed E-state index contributed by atoms with van der Waals surface area (Å²) >= 11 is 7.71. The number of anilines is 1. The number of fused-ring (bicyclic) bond motifs is 1. The van der Waals surface area contributed by atoms with Crippen LogP contribution < -0.4 is 5.73 Å². The lowest BCUT2D eigenvalue weighted by Gasteiger charge is -2.19. The summed E-state index contributed by atoms with van der Waals surface area (Å²) in [5.74, 6) is 0.786. The first kappa shape index (κ1) is 12.1. The van der Waals surface area contributed by atoms with Gasteiger partial charge >= 0.3 is 0 Å². The molecule has 0 saturated carbocycles. The van der Waals surface area contributed by atoms with Crippen molar-refractivity contribution in [1.82, 2.24) is 0 Å². The predicted molar refractivity (Wildman–Crippen MR) is 80.4 cm³/mol. The van der Waals surface area contributed by atoms with Gasteiger partial charge in [0.2, 0.25) is 0 Å². The maximum atomic E-state index is 6.22. The fourth-order valence-corrected chi connectivity index (χ4v) is 4.13. The lowest BCUT2D eigenvalue weighted by Crippen LogP contribution is -2.09. The van der Waals surface area contributed by atoms with Gasteiger partial charge in [0.1, 0.15) is 0 Å². The van der Waals surface area contributed by atoms with Crippen LogP contribution in [0.15, 0.2) is 24.3 Å². The molecule has 0 fully saturated rings. The van der Waals surface area contributed by atoms with Crippen LogP contribution >= 0.6 is 22.9 Å². The van der Waals surface area contributed by atoms with Gasteiger partial charge in [0.15, 0.2) is 0 Å². The van der Waals surface area contributed by atoms with Crippen LogP contribution in [0.3, 0.4) is 0 Å². The van der Waals surface area contributed by atoms with Crippen molar-refractivity contribution in [2.45, 2.75) is 26.2 Å². The molecule has 0 aliphatic heterocycles. The number of benzene rings is 1. The Morgan fingerprint density at radius 3 is 2.72 bits per heavy atom. The van der Waals surface area contributed by atoms with E-state index in [0.29, 0.717) is 0 Å². The number of thiophene rings is 1. The fourth-order valence-electron chi connectivity index (χ4n) is 2.71. The van der Waals surface area contributed by atoms with Crippen LogP contribution in [0, 0.1) is 5.92 Å². The second-order valence-corrected chi connectivity index (χ2v) is 6.67. The number of hydrogen-bond acceptors (Lipinski definition) is 2. The third kappa shape index (κ3) is 2.04. The van der Waals surface area contributed by atoms with Gasteiger partial charge in [0.25, 0.3) is 0 Å². The van der Waals surface area contributed by atoms with Crippen LogP contribution in [-0.4, -0.2) is 0 Å². The molecule has 0 saturated heterocycles. The zero-order valence-electron chi connectivity index (χ0n) is 10.4. The van der Waals surface area contributed by atoms with E-state index in [-0.39, 0.29) is 0 Å². The Hall–Kier alpha value is -0.990. The van der Waals surface area contributed by atoms with Gasteiger partial charge in [-0.15, -0.1) is 11.3 Å². The Kier molecular flexibility index (Phi) is 3.08. The molecule has 0 radical (unpaired) electrons. The van der Waals surface area contributed by atoms with E-state index in [0.717, 1.165) is 22.4 Å². The Bertz CT molecular complexity index is 571. The maximum Gasteiger partial charge on any atom is 0.0941 e. The minimum atomic E-state index is 0.773. The van der Waals surface area contributed by atoms with Crippen LogP contribution in [0.4, 0.5) is 5.00 Å². The van der Waals surface area contributed by atoms with Gasteiger partial charge in [-0.05, 0) is 48.4 Å². The molecular weight excluding hydrogens is 262 g/mol. The van der Waals surface area contributed by atoms with Crippen molar-refractivity contribution in [3.63, 3.8) is 0 Å². The van der Waals surface area contributed by atoms with Crippen molar-refractivity contribution in [2.75, 3.05) is 5.73 Å². The minimum absolute atomic E-state index is 0.773. The fraction of sp³-hybridized carbons (Fsp3) is 0.333. The number of hydrogen-bond donors (Lipinski definition) is 1. The van der Waals surface area contributed by atoms with E-state index in [1.165, 1.54) is 34.4 Å². The van der Waals surface area contributed by atoms with E-state index in [1.807, 2.05) is 12.1 Å². The van der Waals surface area contributed by atoms with Crippen molar-refractivity contribution in [3.05, 3.63) is 39.7 Å². The largest absolute Gasteiger partial charge is 0.390 e. The van der Waals surface area contributed by atoms with Crippen LogP contribution in [-0.2, 0) is 12.8 Å². The molecule has 1 nitrogen and oxygen atoms in total. The highest BCUT2D eigenvalue weighted by Gasteiger charge is 2.23. The first-order chi connectivity index (χ1) is 8.65. The zero-order valence-corrected chi connectivity index (χ0v) is 11.9. The molecule has 1 atom stereocenters. The molecule has 2 N–H and O–H groups in total. The Morgan fingerprint density at radius 2 is 2.00 bits per heavy atom. The van der Waals surface area contributed by atoms with E-state index in [2.05, 4.69) is 19.1 Å². The number of rotatable bonds is 1. The summed E-state index contributed by atoms with van der Waals surface area (Å²) in [6, 6.07) is 8.01. The highest BCUT2D eigenvalue weighted by atomic mass is 35.5. The summed E-state index contributed by atoms with van der Waals surface area (Å²) in [7, 11) is 0. The van der Waals surface area contributed by atoms with E-state index in [9.17, 15) is 0 Å². The molecule has 18 heavy (non-hydrogen) atoms. The standard InChI is InChI=1S/C15H16ClNS/c1-9-2-7-12-13(8-9)18-15(17)14(12)10-3-5-11(16)6-4-10/h3-6,9H,2,7-8,17H2,1H3. The van der Waals surface area contributed by atoms with E-state index < -0.39 is 0 Å². The van der Waals surface area contributed by atoms with E-state index in [1.54, 1.807) is 11.3 Å². The molecule has 1 heterocycles. The number of nitrogens with two attached hydrogens (primary N) is 1.